The van der Waals surface area contributed by atoms with Crippen LogP contribution in [0.5, 0.6) is 0 Å². The first-order valence-corrected chi connectivity index (χ1v) is 14.5. The second kappa shape index (κ2) is 14.1. The van der Waals surface area contributed by atoms with Crippen LogP contribution < -0.4 is 0 Å². The first-order chi connectivity index (χ1) is 16.8. The molecule has 0 bridgehead atoms. The third-order valence-corrected chi connectivity index (χ3v) is 9.87. The summed E-state index contributed by atoms with van der Waals surface area (Å²) in [4.78, 5) is 0. The molecule has 3 aliphatic rings. The third-order valence-electron chi connectivity index (χ3n) is 9.87. The van der Waals surface area contributed by atoms with Crippen molar-refractivity contribution in [3.63, 3.8) is 0 Å². The zero-order valence-corrected chi connectivity index (χ0v) is 23.9. The van der Waals surface area contributed by atoms with Crippen molar-refractivity contribution in [2.75, 3.05) is 13.8 Å². The van der Waals surface area contributed by atoms with E-state index >= 15 is 0 Å². The lowest BCUT2D eigenvalue weighted by molar-refractivity contribution is -0.0163. The number of aliphatic hydroxyl groups excluding tert-OH is 1. The summed E-state index contributed by atoms with van der Waals surface area (Å²) in [6, 6.07) is 0. The van der Waals surface area contributed by atoms with E-state index in [0.29, 0.717) is 24.4 Å². The molecule has 3 fully saturated rings. The average Bonchev–Trinajstić information content (AvgIpc) is 3.64. The van der Waals surface area contributed by atoms with E-state index in [1.807, 2.05) is 0 Å². The minimum Gasteiger partial charge on any atom is -0.393 e. The Morgan fingerprint density at radius 3 is 2.46 bits per heavy atom. The first-order valence-electron chi connectivity index (χ1n) is 14.5. The Labute approximate surface area is 216 Å². The number of hydrogen-bond acceptors (Lipinski definition) is 2. The number of ether oxygens (including phenoxy) is 1. The standard InChI is InChI=1S/C31H52O2.CH3F/c1-7-27(23(4)13-10-11-20-31(9-3)22-33-31)30(6)19-12-14-26(28(30)8-2)18-17-25-16-15-24(5)29(32)21-25;1-2/h10-11,13,17,20,23-24,26-29,32H,7-9,12,14-16,18-19,21-22H2,1-6H3;1H3/b13-10+,20-11+,25-17-;. The van der Waals surface area contributed by atoms with Crippen molar-refractivity contribution < 1.29 is 14.2 Å². The van der Waals surface area contributed by atoms with Gasteiger partial charge in [0.25, 0.3) is 0 Å². The number of hydrogen-bond donors (Lipinski definition) is 1. The van der Waals surface area contributed by atoms with Crippen LogP contribution in [0.4, 0.5) is 4.39 Å². The Balaban J connectivity index is 0.00000210. The van der Waals surface area contributed by atoms with E-state index in [2.05, 4.69) is 71.9 Å². The van der Waals surface area contributed by atoms with E-state index in [9.17, 15) is 9.50 Å². The fourth-order valence-corrected chi connectivity index (χ4v) is 7.45. The summed E-state index contributed by atoms with van der Waals surface area (Å²) in [6.07, 6.45) is 23.8. The SMILES string of the molecule is CCC(C(C)/C=C/C=C/C1(CC)CO1)C1(C)CCCC(C/C=C2/CCC(C)C(O)C2)C1CC.CF. The second-order valence-corrected chi connectivity index (χ2v) is 11.9. The maximum Gasteiger partial charge on any atom is 0.110 e. The van der Waals surface area contributed by atoms with Crippen molar-refractivity contribution in [3.05, 3.63) is 36.0 Å². The topological polar surface area (TPSA) is 32.8 Å². The quantitative estimate of drug-likeness (QED) is 0.188. The van der Waals surface area contributed by atoms with Gasteiger partial charge in [0.2, 0.25) is 0 Å². The summed E-state index contributed by atoms with van der Waals surface area (Å²) < 4.78 is 15.1. The van der Waals surface area contributed by atoms with Gasteiger partial charge in [-0.25, -0.2) is 0 Å². The number of epoxide rings is 1. The molecule has 35 heavy (non-hydrogen) atoms. The highest BCUT2D eigenvalue weighted by atomic mass is 19.1. The average molecular weight is 491 g/mol. The molecule has 8 atom stereocenters. The number of aliphatic hydroxyl groups is 1. The molecule has 0 aromatic rings. The zero-order valence-electron chi connectivity index (χ0n) is 23.9. The van der Waals surface area contributed by atoms with Gasteiger partial charge >= 0.3 is 0 Å². The monoisotopic (exact) mass is 490 g/mol. The van der Waals surface area contributed by atoms with Crippen LogP contribution in [0.3, 0.4) is 0 Å². The Morgan fingerprint density at radius 1 is 1.17 bits per heavy atom. The second-order valence-electron chi connectivity index (χ2n) is 11.9. The molecular formula is C32H55FO2. The molecule has 1 saturated heterocycles. The largest absolute Gasteiger partial charge is 0.393 e. The van der Waals surface area contributed by atoms with Crippen LogP contribution in [0.15, 0.2) is 36.0 Å². The Kier molecular flexibility index (Phi) is 12.2. The summed E-state index contributed by atoms with van der Waals surface area (Å²) in [6.45, 7) is 15.2. The molecule has 0 radical (unpaired) electrons. The lowest BCUT2D eigenvalue weighted by Crippen LogP contribution is -2.44. The Morgan fingerprint density at radius 2 is 1.89 bits per heavy atom. The van der Waals surface area contributed by atoms with E-state index in [1.165, 1.54) is 50.5 Å². The predicted octanol–water partition coefficient (Wildman–Crippen LogP) is 8.86. The molecule has 202 valence electrons. The van der Waals surface area contributed by atoms with Gasteiger partial charge in [0, 0.05) is 0 Å². The van der Waals surface area contributed by atoms with Crippen molar-refractivity contribution >= 4 is 0 Å². The molecule has 3 rings (SSSR count). The Bertz CT molecular complexity index is 706. The third kappa shape index (κ3) is 7.78. The van der Waals surface area contributed by atoms with Gasteiger partial charge in [-0.3, -0.25) is 4.39 Å². The summed E-state index contributed by atoms with van der Waals surface area (Å²) in [7, 11) is 0.500. The highest BCUT2D eigenvalue weighted by Crippen LogP contribution is 2.54. The van der Waals surface area contributed by atoms with E-state index in [0.717, 1.165) is 43.6 Å². The van der Waals surface area contributed by atoms with Crippen molar-refractivity contribution in [3.8, 4) is 0 Å². The maximum absolute atomic E-state index is 10.3. The summed E-state index contributed by atoms with van der Waals surface area (Å²) in [5.41, 5.74) is 1.96. The number of rotatable bonds is 10. The molecule has 2 aliphatic carbocycles. The zero-order chi connectivity index (χ0) is 26.1. The molecule has 0 aromatic carbocycles. The van der Waals surface area contributed by atoms with Crippen LogP contribution in [0.2, 0.25) is 0 Å². The number of allylic oxidation sites excluding steroid dienone is 4. The van der Waals surface area contributed by atoms with Crippen LogP contribution in [0, 0.1) is 35.0 Å². The summed E-state index contributed by atoms with van der Waals surface area (Å²) in [5, 5.41) is 10.3. The maximum atomic E-state index is 10.3. The molecule has 2 nitrogen and oxygen atoms in total. The number of alkyl halides is 1. The normalized spacial score (nSPS) is 38.4. The van der Waals surface area contributed by atoms with E-state index < -0.39 is 0 Å². The molecule has 0 aromatic heterocycles. The fourth-order valence-electron chi connectivity index (χ4n) is 7.45. The van der Waals surface area contributed by atoms with Gasteiger partial charge in [-0.05, 0) is 80.0 Å². The minimum atomic E-state index is -0.131. The van der Waals surface area contributed by atoms with Crippen molar-refractivity contribution in [2.45, 2.75) is 117 Å². The van der Waals surface area contributed by atoms with Crippen LogP contribution in [0.25, 0.3) is 0 Å². The first kappa shape index (κ1) is 30.3. The van der Waals surface area contributed by atoms with Crippen LogP contribution in [-0.4, -0.2) is 30.6 Å². The molecule has 3 heteroatoms. The molecule has 1 N–H and O–H groups in total. The summed E-state index contributed by atoms with van der Waals surface area (Å²) in [5.74, 6) is 3.35. The molecule has 1 aliphatic heterocycles. The minimum absolute atomic E-state index is 0.0363. The molecule has 0 spiro atoms. The van der Waals surface area contributed by atoms with Crippen molar-refractivity contribution in [1.82, 2.24) is 0 Å². The van der Waals surface area contributed by atoms with Crippen molar-refractivity contribution in [2.24, 2.45) is 35.0 Å². The lowest BCUT2D eigenvalue weighted by atomic mass is 9.53. The van der Waals surface area contributed by atoms with Gasteiger partial charge < -0.3 is 9.84 Å². The smallest absolute Gasteiger partial charge is 0.110 e. The molecular weight excluding hydrogens is 435 g/mol. The lowest BCUT2D eigenvalue weighted by Gasteiger charge is -2.52. The van der Waals surface area contributed by atoms with E-state index in [-0.39, 0.29) is 11.7 Å². The number of halogens is 1. The predicted molar refractivity (Wildman–Crippen MR) is 148 cm³/mol. The van der Waals surface area contributed by atoms with Gasteiger partial charge in [0.1, 0.15) is 5.60 Å². The highest BCUT2D eigenvalue weighted by molar-refractivity contribution is 5.16. The van der Waals surface area contributed by atoms with E-state index in [4.69, 9.17) is 4.74 Å². The van der Waals surface area contributed by atoms with Gasteiger partial charge in [-0.2, -0.15) is 0 Å². The molecule has 1 heterocycles. The van der Waals surface area contributed by atoms with Gasteiger partial charge in [-0.15, -0.1) is 0 Å². The van der Waals surface area contributed by atoms with Gasteiger partial charge in [-0.1, -0.05) is 96.8 Å². The van der Waals surface area contributed by atoms with Crippen molar-refractivity contribution in [1.29, 1.82) is 0 Å². The molecule has 8 unspecified atom stereocenters. The van der Waals surface area contributed by atoms with E-state index in [1.54, 1.807) is 0 Å². The van der Waals surface area contributed by atoms with Gasteiger partial charge in [0.15, 0.2) is 0 Å². The fraction of sp³-hybridized carbons (Fsp3) is 0.812. The molecule has 2 saturated carbocycles. The highest BCUT2D eigenvalue weighted by Gasteiger charge is 2.46. The van der Waals surface area contributed by atoms with Crippen LogP contribution in [-0.2, 0) is 4.74 Å². The van der Waals surface area contributed by atoms with Gasteiger partial charge in [0.05, 0.1) is 19.9 Å². The van der Waals surface area contributed by atoms with Crippen LogP contribution in [0.1, 0.15) is 106 Å². The van der Waals surface area contributed by atoms with Crippen LogP contribution >= 0.6 is 0 Å². The molecule has 0 amide bonds. The Hall–Kier alpha value is -0.930. The summed E-state index contributed by atoms with van der Waals surface area (Å²) >= 11 is 0.